The van der Waals surface area contributed by atoms with Gasteiger partial charge in [-0.25, -0.2) is 0 Å². The molecule has 0 aromatic carbocycles. The van der Waals surface area contributed by atoms with Crippen LogP contribution in [0.15, 0.2) is 23.8 Å². The van der Waals surface area contributed by atoms with Gasteiger partial charge in [0.2, 0.25) is 0 Å². The zero-order chi connectivity index (χ0) is 25.1. The Morgan fingerprint density at radius 1 is 1.09 bits per heavy atom. The Morgan fingerprint density at radius 2 is 1.79 bits per heavy atom. The van der Waals surface area contributed by atoms with Gasteiger partial charge >= 0.3 is 0 Å². The van der Waals surface area contributed by atoms with Crippen molar-refractivity contribution in [3.63, 3.8) is 0 Å². The fourth-order valence-electron chi connectivity index (χ4n) is 8.54. The van der Waals surface area contributed by atoms with E-state index in [0.717, 1.165) is 42.4 Å². The van der Waals surface area contributed by atoms with Gasteiger partial charge in [-0.3, -0.25) is 0 Å². The summed E-state index contributed by atoms with van der Waals surface area (Å²) in [4.78, 5) is 0. The summed E-state index contributed by atoms with van der Waals surface area (Å²) in [5.41, 5.74) is 2.39. The standard InChI is InChI=1S/C31H54O2Si/c1-21(10-11-22(2)32)26-14-15-27-25-13-12-23-20-24(33-34(8,9)29(3,4)5)16-18-30(23,6)28(25)17-19-31(26,27)7/h12,16,18,21-22,24-28,32H,10-11,13-15,17,19-20H2,1-9H3/t21-,22-,24+,25+,26-,27+,28+,30+,31-/m1/s1. The Balaban J connectivity index is 1.50. The highest BCUT2D eigenvalue weighted by molar-refractivity contribution is 6.74. The van der Waals surface area contributed by atoms with Crippen LogP contribution in [-0.4, -0.2) is 25.6 Å². The van der Waals surface area contributed by atoms with E-state index in [0.29, 0.717) is 5.41 Å². The van der Waals surface area contributed by atoms with E-state index in [1.807, 2.05) is 6.92 Å². The molecule has 0 spiro atoms. The Labute approximate surface area is 212 Å². The summed E-state index contributed by atoms with van der Waals surface area (Å²) in [5, 5.41) is 10.1. The number of fused-ring (bicyclic) bond motifs is 5. The zero-order valence-electron chi connectivity index (χ0n) is 23.8. The van der Waals surface area contributed by atoms with E-state index in [4.69, 9.17) is 4.43 Å². The average Bonchev–Trinajstić information content (AvgIpc) is 3.08. The molecule has 9 atom stereocenters. The Bertz CT molecular complexity index is 805. The molecule has 0 saturated heterocycles. The van der Waals surface area contributed by atoms with Crippen molar-refractivity contribution < 1.29 is 9.53 Å². The highest BCUT2D eigenvalue weighted by Gasteiger charge is 2.58. The van der Waals surface area contributed by atoms with Crippen LogP contribution in [-0.2, 0) is 4.43 Å². The fourth-order valence-corrected chi connectivity index (χ4v) is 9.81. The fraction of sp³-hybridized carbons (Fsp3) is 0.871. The first-order chi connectivity index (χ1) is 15.7. The molecular formula is C31H54O2Si. The van der Waals surface area contributed by atoms with Gasteiger partial charge in [0.05, 0.1) is 12.2 Å². The van der Waals surface area contributed by atoms with Gasteiger partial charge in [-0.1, -0.05) is 65.3 Å². The van der Waals surface area contributed by atoms with Crippen molar-refractivity contribution in [2.45, 2.75) is 130 Å². The molecule has 2 nitrogen and oxygen atoms in total. The zero-order valence-corrected chi connectivity index (χ0v) is 24.8. The third-order valence-electron chi connectivity index (χ3n) is 11.7. The molecule has 0 unspecified atom stereocenters. The molecule has 3 heteroatoms. The van der Waals surface area contributed by atoms with E-state index in [2.05, 4.69) is 72.9 Å². The van der Waals surface area contributed by atoms with Crippen LogP contribution in [0.2, 0.25) is 18.1 Å². The summed E-state index contributed by atoms with van der Waals surface area (Å²) in [6.45, 7) is 21.4. The number of hydrogen-bond donors (Lipinski definition) is 1. The maximum absolute atomic E-state index is 9.83. The van der Waals surface area contributed by atoms with Gasteiger partial charge in [0.15, 0.2) is 8.32 Å². The molecule has 0 heterocycles. The van der Waals surface area contributed by atoms with Gasteiger partial charge in [0.1, 0.15) is 0 Å². The second-order valence-electron chi connectivity index (χ2n) is 14.7. The summed E-state index contributed by atoms with van der Waals surface area (Å²) in [6.07, 6.45) is 17.9. The summed E-state index contributed by atoms with van der Waals surface area (Å²) in [5.74, 6) is 4.06. The lowest BCUT2D eigenvalue weighted by Crippen LogP contribution is -2.50. The minimum Gasteiger partial charge on any atom is -0.410 e. The first kappa shape index (κ1) is 26.7. The first-order valence-electron chi connectivity index (χ1n) is 14.4. The molecule has 4 rings (SSSR count). The third-order valence-corrected chi connectivity index (χ3v) is 16.2. The minimum atomic E-state index is -1.76. The summed E-state index contributed by atoms with van der Waals surface area (Å²) >= 11 is 0. The van der Waals surface area contributed by atoms with Crippen LogP contribution in [0.5, 0.6) is 0 Å². The van der Waals surface area contributed by atoms with Crippen LogP contribution >= 0.6 is 0 Å². The maximum Gasteiger partial charge on any atom is 0.192 e. The number of hydrogen-bond acceptors (Lipinski definition) is 2. The number of aliphatic hydroxyl groups is 1. The number of allylic oxidation sites excluding steroid dienone is 2. The molecule has 194 valence electrons. The molecule has 0 aromatic rings. The quantitative estimate of drug-likeness (QED) is 0.301. The molecule has 4 aliphatic carbocycles. The Hall–Kier alpha value is -0.383. The van der Waals surface area contributed by atoms with Crippen molar-refractivity contribution >= 4 is 8.32 Å². The lowest BCUT2D eigenvalue weighted by atomic mass is 9.48. The van der Waals surface area contributed by atoms with Crippen molar-refractivity contribution in [1.29, 1.82) is 0 Å². The highest BCUT2D eigenvalue weighted by atomic mass is 28.4. The van der Waals surface area contributed by atoms with Gasteiger partial charge in [-0.2, -0.15) is 0 Å². The Morgan fingerprint density at radius 3 is 2.44 bits per heavy atom. The molecule has 2 fully saturated rings. The molecular weight excluding hydrogens is 432 g/mol. The molecule has 34 heavy (non-hydrogen) atoms. The van der Waals surface area contributed by atoms with E-state index in [9.17, 15) is 5.11 Å². The SMILES string of the molecule is C[C@H](CC[C@@H](C)O)[C@H]1CC[C@H]2[C@@H]3CC=C4C[C@@H](O[Si](C)(C)C(C)(C)C)C=C[C@]4(C)[C@H]3CC[C@]12C. The number of rotatable bonds is 6. The van der Waals surface area contributed by atoms with E-state index < -0.39 is 8.32 Å². The smallest absolute Gasteiger partial charge is 0.192 e. The third kappa shape index (κ3) is 4.56. The lowest BCUT2D eigenvalue weighted by molar-refractivity contribution is -0.0361. The summed E-state index contributed by atoms with van der Waals surface area (Å²) < 4.78 is 6.83. The predicted molar refractivity (Wildman–Crippen MR) is 147 cm³/mol. The van der Waals surface area contributed by atoms with Crippen LogP contribution in [0, 0.1) is 40.4 Å². The minimum absolute atomic E-state index is 0.160. The van der Waals surface area contributed by atoms with Gasteiger partial charge in [0, 0.05) is 5.41 Å². The summed E-state index contributed by atoms with van der Waals surface area (Å²) in [7, 11) is -1.76. The molecule has 0 aliphatic heterocycles. The maximum atomic E-state index is 9.83. The van der Waals surface area contributed by atoms with E-state index in [1.54, 1.807) is 5.57 Å². The molecule has 0 bridgehead atoms. The van der Waals surface area contributed by atoms with E-state index in [-0.39, 0.29) is 22.7 Å². The van der Waals surface area contributed by atoms with Gasteiger partial charge in [0.25, 0.3) is 0 Å². The average molecular weight is 487 g/mol. The van der Waals surface area contributed by atoms with Gasteiger partial charge in [-0.15, -0.1) is 0 Å². The second-order valence-corrected chi connectivity index (χ2v) is 19.5. The molecule has 0 amide bonds. The van der Waals surface area contributed by atoms with Crippen LogP contribution in [0.1, 0.15) is 99.8 Å². The molecule has 1 N–H and O–H groups in total. The van der Waals surface area contributed by atoms with Crippen LogP contribution in [0.25, 0.3) is 0 Å². The van der Waals surface area contributed by atoms with Crippen molar-refractivity contribution in [2.75, 3.05) is 0 Å². The lowest BCUT2D eigenvalue weighted by Gasteiger charge is -2.57. The van der Waals surface area contributed by atoms with Crippen LogP contribution in [0.4, 0.5) is 0 Å². The first-order valence-corrected chi connectivity index (χ1v) is 17.3. The normalized spacial score (nSPS) is 41.8. The largest absolute Gasteiger partial charge is 0.410 e. The van der Waals surface area contributed by atoms with Crippen molar-refractivity contribution in [2.24, 2.45) is 40.4 Å². The molecule has 2 saturated carbocycles. The van der Waals surface area contributed by atoms with Crippen LogP contribution in [0.3, 0.4) is 0 Å². The predicted octanol–water partition coefficient (Wildman–Crippen LogP) is 8.53. The van der Waals surface area contributed by atoms with Gasteiger partial charge < -0.3 is 9.53 Å². The monoisotopic (exact) mass is 486 g/mol. The summed E-state index contributed by atoms with van der Waals surface area (Å²) in [6, 6.07) is 0. The van der Waals surface area contributed by atoms with Crippen molar-refractivity contribution in [1.82, 2.24) is 0 Å². The van der Waals surface area contributed by atoms with Crippen molar-refractivity contribution in [3.8, 4) is 0 Å². The van der Waals surface area contributed by atoms with E-state index >= 15 is 0 Å². The van der Waals surface area contributed by atoms with E-state index in [1.165, 1.54) is 38.5 Å². The highest BCUT2D eigenvalue weighted by Crippen LogP contribution is 2.66. The van der Waals surface area contributed by atoms with Crippen molar-refractivity contribution in [3.05, 3.63) is 23.8 Å². The van der Waals surface area contributed by atoms with Crippen LogP contribution < -0.4 is 0 Å². The molecule has 4 aliphatic rings. The number of aliphatic hydroxyl groups excluding tert-OH is 1. The molecule has 0 radical (unpaired) electrons. The second kappa shape index (κ2) is 9.17. The Kier molecular flexibility index (Phi) is 7.20. The van der Waals surface area contributed by atoms with Gasteiger partial charge in [-0.05, 0) is 111 Å². The topological polar surface area (TPSA) is 29.5 Å². The molecule has 0 aromatic heterocycles.